The quantitative estimate of drug-likeness (QED) is 0.534. The number of halogens is 6. The molecule has 1 aliphatic rings. The van der Waals surface area contributed by atoms with Gasteiger partial charge in [0, 0.05) is 23.7 Å². The van der Waals surface area contributed by atoms with Crippen LogP contribution in [-0.4, -0.2) is 40.5 Å². The second-order valence-corrected chi connectivity index (χ2v) is 8.04. The minimum Gasteiger partial charge on any atom is -0.393 e. The largest absolute Gasteiger partial charge is 0.416 e. The Labute approximate surface area is 185 Å². The summed E-state index contributed by atoms with van der Waals surface area (Å²) in [5.41, 5.74) is -1.03. The van der Waals surface area contributed by atoms with Crippen LogP contribution in [0, 0.1) is 0 Å². The van der Waals surface area contributed by atoms with E-state index in [1.54, 1.807) is 0 Å². The van der Waals surface area contributed by atoms with Crippen molar-refractivity contribution in [2.45, 2.75) is 69.7 Å². The first-order valence-corrected chi connectivity index (χ1v) is 10.3. The summed E-state index contributed by atoms with van der Waals surface area (Å²) in [6, 6.07) is 1.65. The highest BCUT2D eigenvalue weighted by Gasteiger charge is 2.36. The number of benzene rings is 1. The molecule has 1 heterocycles. The first-order valence-electron chi connectivity index (χ1n) is 10.3. The lowest BCUT2D eigenvalue weighted by Gasteiger charge is -2.26. The fraction of sp³-hybridized carbons (Fsp3) is 0.524. The summed E-state index contributed by atoms with van der Waals surface area (Å²) >= 11 is 0. The zero-order valence-corrected chi connectivity index (χ0v) is 17.6. The third-order valence-corrected chi connectivity index (χ3v) is 5.59. The van der Waals surface area contributed by atoms with E-state index in [9.17, 15) is 36.2 Å². The molecule has 0 aliphatic heterocycles. The first-order chi connectivity index (χ1) is 15.4. The van der Waals surface area contributed by atoms with E-state index < -0.39 is 42.5 Å². The van der Waals surface area contributed by atoms with E-state index in [0.29, 0.717) is 25.7 Å². The second kappa shape index (κ2) is 9.72. The Morgan fingerprint density at radius 2 is 1.73 bits per heavy atom. The molecule has 1 unspecified atom stereocenters. The second-order valence-electron chi connectivity index (χ2n) is 8.04. The molecule has 3 rings (SSSR count). The van der Waals surface area contributed by atoms with Crippen molar-refractivity contribution in [2.24, 2.45) is 0 Å². The summed E-state index contributed by atoms with van der Waals surface area (Å²) in [5.74, 6) is -0.774. The average Bonchev–Trinajstić information content (AvgIpc) is 3.16. The number of aromatic nitrogens is 1. The molecule has 0 spiro atoms. The molecule has 12 heteroatoms. The molecule has 0 bridgehead atoms. The molecule has 1 fully saturated rings. The summed E-state index contributed by atoms with van der Waals surface area (Å²) in [6.45, 7) is 0.449. The molecule has 0 radical (unpaired) electrons. The van der Waals surface area contributed by atoms with Gasteiger partial charge in [-0.1, -0.05) is 17.3 Å². The van der Waals surface area contributed by atoms with Crippen LogP contribution in [0.25, 0.3) is 11.3 Å². The minimum absolute atomic E-state index is 0.000738. The SMILES string of the molecule is CC(NCc1c(C(=O)NC2CCC(O)CC2)noc1-c1ccc(C(F)(F)F)cc1)C(F)(F)F. The van der Waals surface area contributed by atoms with Crippen LogP contribution >= 0.6 is 0 Å². The third kappa shape index (κ3) is 6.26. The van der Waals surface area contributed by atoms with E-state index in [-0.39, 0.29) is 28.6 Å². The van der Waals surface area contributed by atoms with E-state index in [1.165, 1.54) is 0 Å². The Bertz CT molecular complexity index is 948. The number of hydrogen-bond donors (Lipinski definition) is 3. The lowest BCUT2D eigenvalue weighted by Crippen LogP contribution is -2.41. The van der Waals surface area contributed by atoms with Gasteiger partial charge in [0.15, 0.2) is 11.5 Å². The van der Waals surface area contributed by atoms with Crippen molar-refractivity contribution in [1.82, 2.24) is 15.8 Å². The van der Waals surface area contributed by atoms with Gasteiger partial charge in [-0.05, 0) is 44.7 Å². The Balaban J connectivity index is 1.87. The molecule has 1 amide bonds. The molecule has 182 valence electrons. The van der Waals surface area contributed by atoms with Crippen LogP contribution in [0.3, 0.4) is 0 Å². The highest BCUT2D eigenvalue weighted by Crippen LogP contribution is 2.33. The zero-order valence-electron chi connectivity index (χ0n) is 17.6. The number of aliphatic hydroxyl groups excluding tert-OH is 1. The van der Waals surface area contributed by atoms with Crippen molar-refractivity contribution < 1.29 is 40.8 Å². The zero-order chi connectivity index (χ0) is 24.4. The Morgan fingerprint density at radius 3 is 2.27 bits per heavy atom. The molecule has 0 saturated heterocycles. The molecule has 1 aromatic carbocycles. The number of rotatable bonds is 6. The molecule has 33 heavy (non-hydrogen) atoms. The van der Waals surface area contributed by atoms with Gasteiger partial charge in [0.2, 0.25) is 0 Å². The Kier molecular flexibility index (Phi) is 7.37. The molecule has 6 nitrogen and oxygen atoms in total. The molecular weight excluding hydrogens is 456 g/mol. The van der Waals surface area contributed by atoms with Crippen LogP contribution in [0.1, 0.15) is 54.2 Å². The lowest BCUT2D eigenvalue weighted by molar-refractivity contribution is -0.151. The first kappa shape index (κ1) is 25.0. The van der Waals surface area contributed by atoms with E-state index in [4.69, 9.17) is 4.52 Å². The summed E-state index contributed by atoms with van der Waals surface area (Å²) in [5, 5.41) is 18.3. The molecule has 1 aliphatic carbocycles. The van der Waals surface area contributed by atoms with E-state index >= 15 is 0 Å². The molecule has 1 aromatic heterocycles. The molecule has 2 aromatic rings. The van der Waals surface area contributed by atoms with Gasteiger partial charge >= 0.3 is 12.4 Å². The fourth-order valence-electron chi connectivity index (χ4n) is 3.53. The minimum atomic E-state index is -4.56. The topological polar surface area (TPSA) is 87.4 Å². The van der Waals surface area contributed by atoms with E-state index in [2.05, 4.69) is 15.8 Å². The van der Waals surface area contributed by atoms with Crippen molar-refractivity contribution >= 4 is 5.91 Å². The fourth-order valence-corrected chi connectivity index (χ4v) is 3.53. The van der Waals surface area contributed by atoms with Crippen LogP contribution < -0.4 is 10.6 Å². The number of nitrogens with one attached hydrogen (secondary N) is 2. The number of hydrogen-bond acceptors (Lipinski definition) is 5. The summed E-state index contributed by atoms with van der Waals surface area (Å²) in [4.78, 5) is 12.8. The maximum Gasteiger partial charge on any atom is 0.416 e. The van der Waals surface area contributed by atoms with Gasteiger partial charge in [-0.25, -0.2) is 0 Å². The number of nitrogens with zero attached hydrogens (tertiary/aromatic N) is 1. The van der Waals surface area contributed by atoms with Crippen molar-refractivity contribution in [3.8, 4) is 11.3 Å². The lowest BCUT2D eigenvalue weighted by atomic mass is 9.93. The maximum absolute atomic E-state index is 12.9. The van der Waals surface area contributed by atoms with Gasteiger partial charge in [0.05, 0.1) is 11.7 Å². The van der Waals surface area contributed by atoms with Crippen LogP contribution in [-0.2, 0) is 12.7 Å². The number of carbonyl (C=O) groups excluding carboxylic acids is 1. The predicted octanol–water partition coefficient (Wildman–Crippen LogP) is 4.43. The summed E-state index contributed by atoms with van der Waals surface area (Å²) in [7, 11) is 0. The normalized spacial score (nSPS) is 20.5. The van der Waals surface area contributed by atoms with Gasteiger partial charge in [0.25, 0.3) is 5.91 Å². The third-order valence-electron chi connectivity index (χ3n) is 5.59. The standard InChI is InChI=1S/C21H23F6N3O3/c1-11(20(22,23)24)28-10-16-17(19(32)29-14-6-8-15(31)9-7-14)30-33-18(16)12-2-4-13(5-3-12)21(25,26)27/h2-5,11,14-15,28,31H,6-10H2,1H3,(H,29,32). The van der Waals surface area contributed by atoms with Gasteiger partial charge < -0.3 is 20.3 Å². The number of aliphatic hydroxyl groups is 1. The summed E-state index contributed by atoms with van der Waals surface area (Å²) in [6.07, 6.45) is -7.51. The van der Waals surface area contributed by atoms with Crippen LogP contribution in [0.15, 0.2) is 28.8 Å². The molecule has 3 N–H and O–H groups in total. The summed E-state index contributed by atoms with van der Waals surface area (Å²) < 4.78 is 82.6. The monoisotopic (exact) mass is 479 g/mol. The van der Waals surface area contributed by atoms with Crippen molar-refractivity contribution in [2.75, 3.05) is 0 Å². The van der Waals surface area contributed by atoms with Gasteiger partial charge in [-0.15, -0.1) is 0 Å². The average molecular weight is 479 g/mol. The van der Waals surface area contributed by atoms with Gasteiger partial charge in [0.1, 0.15) is 6.04 Å². The van der Waals surface area contributed by atoms with Crippen molar-refractivity contribution in [1.29, 1.82) is 0 Å². The maximum atomic E-state index is 12.9. The highest BCUT2D eigenvalue weighted by molar-refractivity contribution is 5.95. The molecular formula is C21H23F6N3O3. The predicted molar refractivity (Wildman–Crippen MR) is 105 cm³/mol. The number of carbonyl (C=O) groups is 1. The Hall–Kier alpha value is -2.60. The smallest absolute Gasteiger partial charge is 0.393 e. The van der Waals surface area contributed by atoms with Crippen molar-refractivity contribution in [3.05, 3.63) is 41.1 Å². The number of amides is 1. The van der Waals surface area contributed by atoms with Crippen molar-refractivity contribution in [3.63, 3.8) is 0 Å². The van der Waals surface area contributed by atoms with E-state index in [0.717, 1.165) is 31.2 Å². The van der Waals surface area contributed by atoms with Crippen LogP contribution in [0.5, 0.6) is 0 Å². The van der Waals surface area contributed by atoms with E-state index in [1.807, 2.05) is 0 Å². The number of alkyl halides is 6. The molecule has 1 saturated carbocycles. The van der Waals surface area contributed by atoms with Crippen LogP contribution in [0.4, 0.5) is 26.3 Å². The van der Waals surface area contributed by atoms with Crippen LogP contribution in [0.2, 0.25) is 0 Å². The molecule has 1 atom stereocenters. The highest BCUT2D eigenvalue weighted by atomic mass is 19.4. The van der Waals surface area contributed by atoms with Gasteiger partial charge in [-0.3, -0.25) is 4.79 Å². The Morgan fingerprint density at radius 1 is 1.12 bits per heavy atom. The van der Waals surface area contributed by atoms with Gasteiger partial charge in [-0.2, -0.15) is 26.3 Å².